The van der Waals surface area contributed by atoms with E-state index in [1.165, 1.54) is 29.1 Å². The molecule has 1 unspecified atom stereocenters. The molecule has 1 amide bonds. The van der Waals surface area contributed by atoms with Gasteiger partial charge in [-0.05, 0) is 55.6 Å². The molecule has 1 N–H and O–H groups in total. The Morgan fingerprint density at radius 2 is 1.61 bits per heavy atom. The van der Waals surface area contributed by atoms with Crippen LogP contribution in [0.25, 0.3) is 0 Å². The molecular weight excluding hydrogens is 410 g/mol. The Morgan fingerprint density at radius 1 is 1.00 bits per heavy atom. The number of likely N-dealkylation sites (tertiary alicyclic amines) is 1. The van der Waals surface area contributed by atoms with E-state index < -0.39 is 16.1 Å². The van der Waals surface area contributed by atoms with Crippen LogP contribution >= 0.6 is 0 Å². The molecule has 0 bridgehead atoms. The third kappa shape index (κ3) is 6.55. The summed E-state index contributed by atoms with van der Waals surface area (Å²) in [6.45, 7) is 5.47. The lowest BCUT2D eigenvalue weighted by molar-refractivity contribution is -0.122. The Kier molecular flexibility index (Phi) is 8.09. The molecule has 1 aliphatic rings. The number of benzene rings is 2. The standard InChI is InChI=1S/C24H33N3O3S/c1-3-23(27(31(2,29)30)22-10-6-4-7-11-22)24(28)25-18-20-12-14-21(15-13-20)19-26-16-8-5-9-17-26/h4,6-7,10-15,23H,3,5,8-9,16-19H2,1-2H3,(H,25,28). The maximum Gasteiger partial charge on any atom is 0.244 e. The summed E-state index contributed by atoms with van der Waals surface area (Å²) in [5.74, 6) is -0.297. The van der Waals surface area contributed by atoms with Crippen LogP contribution in [-0.2, 0) is 27.9 Å². The average molecular weight is 444 g/mol. The highest BCUT2D eigenvalue weighted by molar-refractivity contribution is 7.92. The number of rotatable bonds is 9. The zero-order chi connectivity index (χ0) is 22.3. The molecule has 6 nitrogen and oxygen atoms in total. The molecule has 0 aromatic heterocycles. The van der Waals surface area contributed by atoms with Gasteiger partial charge in [0.1, 0.15) is 6.04 Å². The Bertz CT molecular complexity index is 940. The van der Waals surface area contributed by atoms with Gasteiger partial charge >= 0.3 is 0 Å². The number of amides is 1. The van der Waals surface area contributed by atoms with Gasteiger partial charge in [0.15, 0.2) is 0 Å². The fourth-order valence-electron chi connectivity index (χ4n) is 4.08. The van der Waals surface area contributed by atoms with Crippen molar-refractivity contribution in [2.75, 3.05) is 23.7 Å². The van der Waals surface area contributed by atoms with Crippen LogP contribution in [0.5, 0.6) is 0 Å². The molecule has 1 saturated heterocycles. The minimum absolute atomic E-state index is 0.297. The predicted octanol–water partition coefficient (Wildman–Crippen LogP) is 3.53. The van der Waals surface area contributed by atoms with Crippen molar-refractivity contribution in [3.8, 4) is 0 Å². The Labute approximate surface area is 186 Å². The molecule has 0 spiro atoms. The number of para-hydroxylation sites is 1. The highest BCUT2D eigenvalue weighted by Gasteiger charge is 2.31. The van der Waals surface area contributed by atoms with Crippen LogP contribution in [0.1, 0.15) is 43.7 Å². The van der Waals surface area contributed by atoms with Crippen molar-refractivity contribution in [2.45, 2.75) is 51.7 Å². The number of nitrogens with one attached hydrogen (secondary N) is 1. The van der Waals surface area contributed by atoms with Crippen LogP contribution in [0.4, 0.5) is 5.69 Å². The fraction of sp³-hybridized carbons (Fsp3) is 0.458. The molecule has 0 saturated carbocycles. The zero-order valence-electron chi connectivity index (χ0n) is 18.5. The van der Waals surface area contributed by atoms with Crippen molar-refractivity contribution < 1.29 is 13.2 Å². The number of carbonyl (C=O) groups is 1. The summed E-state index contributed by atoms with van der Waals surface area (Å²) in [4.78, 5) is 15.4. The van der Waals surface area contributed by atoms with Crippen LogP contribution < -0.4 is 9.62 Å². The van der Waals surface area contributed by atoms with Gasteiger partial charge in [-0.25, -0.2) is 8.42 Å². The molecule has 2 aromatic rings. The Balaban J connectivity index is 1.62. The second kappa shape index (κ2) is 10.8. The molecule has 1 aliphatic heterocycles. The first-order valence-electron chi connectivity index (χ1n) is 11.0. The first-order valence-corrected chi connectivity index (χ1v) is 12.9. The Morgan fingerprint density at radius 3 is 2.19 bits per heavy atom. The number of hydrogen-bond donors (Lipinski definition) is 1. The van der Waals surface area contributed by atoms with Gasteiger partial charge in [0.25, 0.3) is 0 Å². The van der Waals surface area contributed by atoms with E-state index in [-0.39, 0.29) is 5.91 Å². The van der Waals surface area contributed by atoms with Crippen molar-refractivity contribution in [1.29, 1.82) is 0 Å². The monoisotopic (exact) mass is 443 g/mol. The number of nitrogens with zero attached hydrogens (tertiary/aromatic N) is 2. The summed E-state index contributed by atoms with van der Waals surface area (Å²) in [6.07, 6.45) is 5.39. The van der Waals surface area contributed by atoms with Crippen molar-refractivity contribution in [1.82, 2.24) is 10.2 Å². The van der Waals surface area contributed by atoms with Crippen LogP contribution in [-0.4, -0.2) is 44.6 Å². The molecule has 1 atom stereocenters. The molecule has 31 heavy (non-hydrogen) atoms. The van der Waals surface area contributed by atoms with Gasteiger partial charge < -0.3 is 5.32 Å². The van der Waals surface area contributed by atoms with Gasteiger partial charge in [-0.1, -0.05) is 55.8 Å². The summed E-state index contributed by atoms with van der Waals surface area (Å²) in [5.41, 5.74) is 2.76. The number of anilines is 1. The van der Waals surface area contributed by atoms with E-state index in [1.54, 1.807) is 24.3 Å². The van der Waals surface area contributed by atoms with Crippen molar-refractivity contribution in [2.24, 2.45) is 0 Å². The van der Waals surface area contributed by atoms with E-state index in [2.05, 4.69) is 22.3 Å². The largest absolute Gasteiger partial charge is 0.350 e. The van der Waals surface area contributed by atoms with E-state index in [0.717, 1.165) is 31.5 Å². The Hall–Kier alpha value is -2.38. The lowest BCUT2D eigenvalue weighted by atomic mass is 10.1. The highest BCUT2D eigenvalue weighted by Crippen LogP contribution is 2.22. The maximum absolute atomic E-state index is 12.9. The van der Waals surface area contributed by atoms with Gasteiger partial charge in [0, 0.05) is 13.1 Å². The SMILES string of the molecule is CCC(C(=O)NCc1ccc(CN2CCCCC2)cc1)N(c1ccccc1)S(C)(=O)=O. The minimum Gasteiger partial charge on any atom is -0.350 e. The van der Waals surface area contributed by atoms with Gasteiger partial charge in [-0.2, -0.15) is 0 Å². The number of carbonyl (C=O) groups excluding carboxylic acids is 1. The summed E-state index contributed by atoms with van der Waals surface area (Å²) in [6, 6.07) is 16.3. The third-order valence-electron chi connectivity index (χ3n) is 5.68. The topological polar surface area (TPSA) is 69.7 Å². The van der Waals surface area contributed by atoms with E-state index in [0.29, 0.717) is 18.7 Å². The van der Waals surface area contributed by atoms with E-state index in [4.69, 9.17) is 0 Å². The second-order valence-corrected chi connectivity index (χ2v) is 10.0. The third-order valence-corrected chi connectivity index (χ3v) is 6.86. The lowest BCUT2D eigenvalue weighted by Gasteiger charge is -2.30. The molecule has 0 aliphatic carbocycles. The molecule has 1 heterocycles. The van der Waals surface area contributed by atoms with Crippen molar-refractivity contribution >= 4 is 21.6 Å². The lowest BCUT2D eigenvalue weighted by Crippen LogP contribution is -2.49. The van der Waals surface area contributed by atoms with Crippen LogP contribution in [0.15, 0.2) is 54.6 Å². The first-order chi connectivity index (χ1) is 14.9. The number of hydrogen-bond acceptors (Lipinski definition) is 4. The maximum atomic E-state index is 12.9. The summed E-state index contributed by atoms with van der Waals surface area (Å²) in [5, 5.41) is 2.92. The molecule has 2 aromatic carbocycles. The smallest absolute Gasteiger partial charge is 0.244 e. The summed E-state index contributed by atoms with van der Waals surface area (Å²) >= 11 is 0. The van der Waals surface area contributed by atoms with Gasteiger partial charge in [-0.3, -0.25) is 14.0 Å². The van der Waals surface area contributed by atoms with Gasteiger partial charge in [0.05, 0.1) is 11.9 Å². The summed E-state index contributed by atoms with van der Waals surface area (Å²) in [7, 11) is -3.61. The molecule has 3 rings (SSSR count). The molecule has 168 valence electrons. The van der Waals surface area contributed by atoms with Gasteiger partial charge in [0.2, 0.25) is 15.9 Å². The molecule has 1 fully saturated rings. The molecule has 7 heteroatoms. The van der Waals surface area contributed by atoms with Crippen molar-refractivity contribution in [3.63, 3.8) is 0 Å². The number of piperidine rings is 1. The molecule has 0 radical (unpaired) electrons. The normalized spacial score (nSPS) is 15.9. The minimum atomic E-state index is -3.61. The van der Waals surface area contributed by atoms with Crippen LogP contribution in [0.3, 0.4) is 0 Å². The summed E-state index contributed by atoms with van der Waals surface area (Å²) < 4.78 is 26.1. The highest BCUT2D eigenvalue weighted by atomic mass is 32.2. The van der Waals surface area contributed by atoms with E-state index >= 15 is 0 Å². The first kappa shape index (κ1) is 23.3. The van der Waals surface area contributed by atoms with E-state index in [9.17, 15) is 13.2 Å². The number of sulfonamides is 1. The van der Waals surface area contributed by atoms with E-state index in [1.807, 2.05) is 25.1 Å². The predicted molar refractivity (Wildman–Crippen MR) is 125 cm³/mol. The van der Waals surface area contributed by atoms with Crippen LogP contribution in [0, 0.1) is 0 Å². The second-order valence-electron chi connectivity index (χ2n) is 8.19. The molecular formula is C24H33N3O3S. The van der Waals surface area contributed by atoms with Crippen LogP contribution in [0.2, 0.25) is 0 Å². The van der Waals surface area contributed by atoms with Crippen molar-refractivity contribution in [3.05, 3.63) is 65.7 Å². The zero-order valence-corrected chi connectivity index (χ0v) is 19.3. The average Bonchev–Trinajstić information content (AvgIpc) is 2.77. The van der Waals surface area contributed by atoms with Gasteiger partial charge in [-0.15, -0.1) is 0 Å². The quantitative estimate of drug-likeness (QED) is 0.644. The fourth-order valence-corrected chi connectivity index (χ4v) is 5.29.